The quantitative estimate of drug-likeness (QED) is 0.480. The molecule has 0 saturated carbocycles. The Hall–Kier alpha value is -3.26. The van der Waals surface area contributed by atoms with E-state index in [1.165, 1.54) is 0 Å². The second kappa shape index (κ2) is 12.3. The molecule has 9 heteroatoms. The lowest BCUT2D eigenvalue weighted by Gasteiger charge is -2.19. The Morgan fingerprint density at radius 2 is 1.62 bits per heavy atom. The third-order valence-electron chi connectivity index (χ3n) is 4.57. The van der Waals surface area contributed by atoms with E-state index in [4.69, 9.17) is 21.1 Å². The maximum absolute atomic E-state index is 12.3. The predicted molar refractivity (Wildman–Crippen MR) is 132 cm³/mol. The number of carbonyl (C=O) groups is 3. The number of ether oxygens (including phenoxy) is 2. The van der Waals surface area contributed by atoms with E-state index in [1.54, 1.807) is 45.0 Å². The maximum atomic E-state index is 12.3. The van der Waals surface area contributed by atoms with Crippen LogP contribution in [0.4, 0.5) is 10.5 Å². The SMILES string of the molecule is Cc1cc(OCC(=O)NCc2ccccc2NC(=O)CCNC(=O)OC(C)(C)C)cc(C)c1Cl. The number of alkyl carbamates (subject to hydrolysis) is 1. The minimum atomic E-state index is -0.604. The number of benzene rings is 2. The van der Waals surface area contributed by atoms with Crippen molar-refractivity contribution in [3.8, 4) is 5.75 Å². The minimum absolute atomic E-state index is 0.0771. The average Bonchev–Trinajstić information content (AvgIpc) is 2.74. The van der Waals surface area contributed by atoms with Crippen LogP contribution >= 0.6 is 11.6 Å². The summed E-state index contributed by atoms with van der Waals surface area (Å²) in [7, 11) is 0. The smallest absolute Gasteiger partial charge is 0.407 e. The van der Waals surface area contributed by atoms with Crippen molar-refractivity contribution in [2.45, 2.75) is 53.2 Å². The lowest BCUT2D eigenvalue weighted by atomic mass is 10.1. The molecular formula is C25H32ClN3O5. The van der Waals surface area contributed by atoms with Gasteiger partial charge in [-0.1, -0.05) is 29.8 Å². The zero-order valence-electron chi connectivity index (χ0n) is 20.2. The summed E-state index contributed by atoms with van der Waals surface area (Å²) in [6.45, 7) is 9.25. The summed E-state index contributed by atoms with van der Waals surface area (Å²) >= 11 is 6.16. The number of carbonyl (C=O) groups excluding carboxylic acids is 3. The van der Waals surface area contributed by atoms with Gasteiger partial charge < -0.3 is 25.4 Å². The number of hydrogen-bond acceptors (Lipinski definition) is 5. The van der Waals surface area contributed by atoms with Crippen LogP contribution in [-0.4, -0.2) is 36.7 Å². The molecule has 34 heavy (non-hydrogen) atoms. The molecule has 0 heterocycles. The summed E-state index contributed by atoms with van der Waals surface area (Å²) in [5.74, 6) is 0.00166. The van der Waals surface area contributed by atoms with Crippen LogP contribution in [0.2, 0.25) is 5.02 Å². The number of nitrogens with one attached hydrogen (secondary N) is 3. The fourth-order valence-corrected chi connectivity index (χ4v) is 3.09. The van der Waals surface area contributed by atoms with Gasteiger partial charge in [-0.2, -0.15) is 0 Å². The van der Waals surface area contributed by atoms with Gasteiger partial charge >= 0.3 is 6.09 Å². The van der Waals surface area contributed by atoms with Crippen LogP contribution in [0.5, 0.6) is 5.75 Å². The molecule has 0 aliphatic carbocycles. The Morgan fingerprint density at radius 3 is 2.26 bits per heavy atom. The monoisotopic (exact) mass is 489 g/mol. The molecule has 0 unspecified atom stereocenters. The first-order valence-corrected chi connectivity index (χ1v) is 11.3. The number of halogens is 1. The number of anilines is 1. The van der Waals surface area contributed by atoms with Crippen molar-refractivity contribution in [3.05, 3.63) is 58.1 Å². The molecule has 2 aromatic rings. The molecule has 0 radical (unpaired) electrons. The van der Waals surface area contributed by atoms with Crippen LogP contribution in [0.3, 0.4) is 0 Å². The topological polar surface area (TPSA) is 106 Å². The Balaban J connectivity index is 1.81. The number of para-hydroxylation sites is 1. The molecule has 8 nitrogen and oxygen atoms in total. The third-order valence-corrected chi connectivity index (χ3v) is 5.16. The maximum Gasteiger partial charge on any atom is 0.407 e. The molecule has 184 valence electrons. The van der Waals surface area contributed by atoms with Gasteiger partial charge in [0.25, 0.3) is 5.91 Å². The van der Waals surface area contributed by atoms with E-state index >= 15 is 0 Å². The molecule has 0 aliphatic heterocycles. The Kier molecular flexibility index (Phi) is 9.74. The molecule has 0 aliphatic rings. The highest BCUT2D eigenvalue weighted by molar-refractivity contribution is 6.32. The van der Waals surface area contributed by atoms with Crippen molar-refractivity contribution in [3.63, 3.8) is 0 Å². The molecule has 0 saturated heterocycles. The first-order chi connectivity index (χ1) is 15.9. The molecule has 0 bridgehead atoms. The van der Waals surface area contributed by atoms with E-state index in [-0.39, 0.29) is 37.9 Å². The van der Waals surface area contributed by atoms with Gasteiger partial charge in [0.15, 0.2) is 6.61 Å². The molecule has 3 amide bonds. The molecule has 0 spiro atoms. The summed E-state index contributed by atoms with van der Waals surface area (Å²) in [5, 5.41) is 8.82. The second-order valence-electron chi connectivity index (χ2n) is 8.82. The van der Waals surface area contributed by atoms with Crippen molar-refractivity contribution in [1.82, 2.24) is 10.6 Å². The van der Waals surface area contributed by atoms with Crippen molar-refractivity contribution in [2.24, 2.45) is 0 Å². The molecule has 2 rings (SSSR count). The lowest BCUT2D eigenvalue weighted by Crippen LogP contribution is -2.34. The molecule has 2 aromatic carbocycles. The number of aryl methyl sites for hydroxylation is 2. The van der Waals surface area contributed by atoms with E-state index < -0.39 is 11.7 Å². The zero-order chi connectivity index (χ0) is 25.3. The van der Waals surface area contributed by atoms with Crippen LogP contribution in [0.1, 0.15) is 43.9 Å². The van der Waals surface area contributed by atoms with Gasteiger partial charge in [-0.3, -0.25) is 9.59 Å². The standard InChI is InChI=1S/C25H32ClN3O5/c1-16-12-19(13-17(2)23(16)26)33-15-22(31)28-14-18-8-6-7-9-20(18)29-21(30)10-11-27-24(32)34-25(3,4)5/h6-9,12-13H,10-11,14-15H2,1-5H3,(H,27,32)(H,28,31)(H,29,30). The van der Waals surface area contributed by atoms with Crippen LogP contribution in [0.25, 0.3) is 0 Å². The Labute approximate surface area is 205 Å². The van der Waals surface area contributed by atoms with Crippen LogP contribution in [-0.2, 0) is 20.9 Å². The highest BCUT2D eigenvalue weighted by atomic mass is 35.5. The highest BCUT2D eigenvalue weighted by Gasteiger charge is 2.16. The van der Waals surface area contributed by atoms with Crippen molar-refractivity contribution < 1.29 is 23.9 Å². The molecule has 0 fully saturated rings. The van der Waals surface area contributed by atoms with E-state index in [1.807, 2.05) is 26.0 Å². The third kappa shape index (κ3) is 9.31. The second-order valence-corrected chi connectivity index (χ2v) is 9.20. The van der Waals surface area contributed by atoms with Gasteiger partial charge in [-0.25, -0.2) is 4.79 Å². The fraction of sp³-hybridized carbons (Fsp3) is 0.400. The summed E-state index contributed by atoms with van der Waals surface area (Å²) < 4.78 is 10.7. The Bertz CT molecular complexity index is 1010. The largest absolute Gasteiger partial charge is 0.484 e. The summed E-state index contributed by atoms with van der Waals surface area (Å²) in [5.41, 5.74) is 2.47. The van der Waals surface area contributed by atoms with Crippen LogP contribution < -0.4 is 20.7 Å². The van der Waals surface area contributed by atoms with E-state index in [9.17, 15) is 14.4 Å². The van der Waals surface area contributed by atoms with Gasteiger partial charge in [-0.15, -0.1) is 0 Å². The first-order valence-electron chi connectivity index (χ1n) is 11.0. The van der Waals surface area contributed by atoms with E-state index in [2.05, 4.69) is 16.0 Å². The van der Waals surface area contributed by atoms with Crippen LogP contribution in [0, 0.1) is 13.8 Å². The van der Waals surface area contributed by atoms with Gasteiger partial charge in [0.2, 0.25) is 5.91 Å². The van der Waals surface area contributed by atoms with Gasteiger partial charge in [0.1, 0.15) is 11.4 Å². The molecule has 3 N–H and O–H groups in total. The number of amides is 3. The normalized spacial score (nSPS) is 10.9. The number of rotatable bonds is 9. The fourth-order valence-electron chi connectivity index (χ4n) is 2.98. The van der Waals surface area contributed by atoms with E-state index in [0.29, 0.717) is 16.5 Å². The van der Waals surface area contributed by atoms with Gasteiger partial charge in [-0.05, 0) is 69.5 Å². The average molecular weight is 490 g/mol. The molecular weight excluding hydrogens is 458 g/mol. The predicted octanol–water partition coefficient (Wildman–Crippen LogP) is 4.51. The first kappa shape index (κ1) is 27.0. The Morgan fingerprint density at radius 1 is 0.971 bits per heavy atom. The number of hydrogen-bond donors (Lipinski definition) is 3. The molecule has 0 atom stereocenters. The minimum Gasteiger partial charge on any atom is -0.484 e. The van der Waals surface area contributed by atoms with Gasteiger partial charge in [0.05, 0.1) is 0 Å². The molecule has 0 aromatic heterocycles. The van der Waals surface area contributed by atoms with Gasteiger partial charge in [0, 0.05) is 30.2 Å². The van der Waals surface area contributed by atoms with Crippen molar-refractivity contribution in [1.29, 1.82) is 0 Å². The van der Waals surface area contributed by atoms with Crippen molar-refractivity contribution in [2.75, 3.05) is 18.5 Å². The lowest BCUT2D eigenvalue weighted by molar-refractivity contribution is -0.123. The summed E-state index contributed by atoms with van der Waals surface area (Å²) in [6.07, 6.45) is -0.497. The van der Waals surface area contributed by atoms with E-state index in [0.717, 1.165) is 16.7 Å². The van der Waals surface area contributed by atoms with Crippen molar-refractivity contribution >= 4 is 35.2 Å². The summed E-state index contributed by atoms with van der Waals surface area (Å²) in [4.78, 5) is 36.2. The summed E-state index contributed by atoms with van der Waals surface area (Å²) in [6, 6.07) is 10.7. The van der Waals surface area contributed by atoms with Crippen LogP contribution in [0.15, 0.2) is 36.4 Å². The highest BCUT2D eigenvalue weighted by Crippen LogP contribution is 2.25. The zero-order valence-corrected chi connectivity index (χ0v) is 21.0.